The number of likely N-dealkylation sites (tertiary alicyclic amines) is 1. The molecule has 4 rings (SSSR count). The van der Waals surface area contributed by atoms with Crippen molar-refractivity contribution in [3.63, 3.8) is 0 Å². The number of hydrogen-bond acceptors (Lipinski definition) is 5. The Balaban J connectivity index is 1.47. The highest BCUT2D eigenvalue weighted by Crippen LogP contribution is 2.38. The van der Waals surface area contributed by atoms with Gasteiger partial charge >= 0.3 is 0 Å². The van der Waals surface area contributed by atoms with Crippen molar-refractivity contribution >= 4 is 11.4 Å². The van der Waals surface area contributed by atoms with Crippen LogP contribution >= 0.6 is 0 Å². The molecule has 5 heteroatoms. The van der Waals surface area contributed by atoms with Crippen molar-refractivity contribution in [3.8, 4) is 0 Å². The maximum absolute atomic E-state index is 5.92. The smallest absolute Gasteiger partial charge is 0.148 e. The second-order valence-electron chi connectivity index (χ2n) is 9.53. The predicted molar refractivity (Wildman–Crippen MR) is 116 cm³/mol. The number of fused-ring (bicyclic) bond motifs is 1. The largest absolute Gasteiger partial charge is 0.399 e. The molecule has 0 aromatic carbocycles. The third kappa shape index (κ3) is 3.51. The van der Waals surface area contributed by atoms with Crippen molar-refractivity contribution in [2.75, 3.05) is 12.4 Å². The minimum absolute atomic E-state index is 0.145. The van der Waals surface area contributed by atoms with E-state index < -0.39 is 0 Å². The number of anilines is 1. The van der Waals surface area contributed by atoms with E-state index in [4.69, 9.17) is 5.73 Å². The van der Waals surface area contributed by atoms with Crippen molar-refractivity contribution in [1.82, 2.24) is 15.1 Å². The summed E-state index contributed by atoms with van der Waals surface area (Å²) in [6.45, 7) is 9.25. The quantitative estimate of drug-likeness (QED) is 0.836. The zero-order chi connectivity index (χ0) is 20.1. The number of nitrogens with zero attached hydrogens (tertiary/aromatic N) is 3. The van der Waals surface area contributed by atoms with E-state index in [1.807, 2.05) is 18.2 Å². The second-order valence-corrected chi connectivity index (χ2v) is 9.53. The SMILES string of the molecule is CN1C(C)(C)CC(Nc2ccc(C3=CC4C=C(N)C=C4C=C3)nn2)CC1(C)C. The Morgan fingerprint density at radius 3 is 2.39 bits per heavy atom. The van der Waals surface area contributed by atoms with E-state index >= 15 is 0 Å². The topological polar surface area (TPSA) is 67.1 Å². The Morgan fingerprint density at radius 1 is 1.04 bits per heavy atom. The van der Waals surface area contributed by atoms with Gasteiger partial charge in [0.05, 0.1) is 5.69 Å². The first-order valence-electron chi connectivity index (χ1n) is 10.1. The Bertz CT molecular complexity index is 868. The summed E-state index contributed by atoms with van der Waals surface area (Å²) in [7, 11) is 2.23. The molecule has 0 spiro atoms. The Hall–Kier alpha value is -2.40. The van der Waals surface area contributed by atoms with Crippen molar-refractivity contribution in [2.24, 2.45) is 11.7 Å². The lowest BCUT2D eigenvalue weighted by molar-refractivity contribution is -0.00773. The van der Waals surface area contributed by atoms with Gasteiger partial charge in [0.1, 0.15) is 5.82 Å². The normalized spacial score (nSPS) is 26.3. The van der Waals surface area contributed by atoms with Crippen LogP contribution in [0.1, 0.15) is 46.2 Å². The molecule has 1 atom stereocenters. The summed E-state index contributed by atoms with van der Waals surface area (Å²) in [5, 5.41) is 12.5. The maximum Gasteiger partial charge on any atom is 0.148 e. The summed E-state index contributed by atoms with van der Waals surface area (Å²) in [5.74, 6) is 1.10. The van der Waals surface area contributed by atoms with E-state index in [2.05, 4.69) is 79.5 Å². The molecule has 3 aliphatic rings. The van der Waals surface area contributed by atoms with Gasteiger partial charge in [-0.25, -0.2) is 0 Å². The first-order valence-corrected chi connectivity index (χ1v) is 10.1. The zero-order valence-electron chi connectivity index (χ0n) is 17.5. The number of allylic oxidation sites excluding steroid dienone is 7. The highest BCUT2D eigenvalue weighted by molar-refractivity contribution is 5.76. The van der Waals surface area contributed by atoms with Gasteiger partial charge in [-0.2, -0.15) is 0 Å². The van der Waals surface area contributed by atoms with Crippen LogP contribution in [0.2, 0.25) is 0 Å². The van der Waals surface area contributed by atoms with Crippen LogP contribution in [-0.4, -0.2) is 39.3 Å². The fourth-order valence-electron chi connectivity index (χ4n) is 4.80. The van der Waals surface area contributed by atoms with Crippen molar-refractivity contribution < 1.29 is 0 Å². The number of rotatable bonds is 3. The third-order valence-corrected chi connectivity index (χ3v) is 6.52. The monoisotopic (exact) mass is 377 g/mol. The summed E-state index contributed by atoms with van der Waals surface area (Å²) >= 11 is 0. The molecule has 5 nitrogen and oxygen atoms in total. The van der Waals surface area contributed by atoms with E-state index in [0.717, 1.165) is 35.6 Å². The average molecular weight is 378 g/mol. The number of hydrogen-bond donors (Lipinski definition) is 2. The molecule has 0 bridgehead atoms. The van der Waals surface area contributed by atoms with Gasteiger partial charge in [-0.3, -0.25) is 4.90 Å². The lowest BCUT2D eigenvalue weighted by atomic mass is 9.77. The van der Waals surface area contributed by atoms with Gasteiger partial charge in [0.15, 0.2) is 0 Å². The van der Waals surface area contributed by atoms with Gasteiger partial charge in [0.25, 0.3) is 0 Å². The summed E-state index contributed by atoms with van der Waals surface area (Å²) < 4.78 is 0. The lowest BCUT2D eigenvalue weighted by Crippen LogP contribution is -2.61. The molecule has 1 aromatic heterocycles. The molecule has 0 radical (unpaired) electrons. The molecule has 1 fully saturated rings. The molecule has 0 saturated carbocycles. The molecule has 2 heterocycles. The van der Waals surface area contributed by atoms with Crippen LogP contribution in [0.25, 0.3) is 5.57 Å². The molecule has 1 saturated heterocycles. The molecule has 1 aromatic rings. The zero-order valence-corrected chi connectivity index (χ0v) is 17.5. The first-order chi connectivity index (χ1) is 13.1. The number of nitrogens with two attached hydrogens (primary N) is 1. The Kier molecular flexibility index (Phi) is 4.46. The standard InChI is InChI=1S/C23H31N5/c1-22(2)13-19(14-23(3,4)28(22)5)25-21-9-8-20(26-27-21)16-7-6-15-11-18(24)12-17(15)10-16/h6-12,17,19H,13-14,24H2,1-5H3,(H,25,27). The average Bonchev–Trinajstić information content (AvgIpc) is 2.99. The molecule has 3 N–H and O–H groups in total. The molecular formula is C23H31N5. The predicted octanol–water partition coefficient (Wildman–Crippen LogP) is 3.89. The van der Waals surface area contributed by atoms with Crippen LogP contribution < -0.4 is 11.1 Å². The summed E-state index contributed by atoms with van der Waals surface area (Å²) in [6.07, 6.45) is 12.7. The van der Waals surface area contributed by atoms with Crippen LogP contribution in [0.15, 0.2) is 53.8 Å². The number of piperidine rings is 1. The highest BCUT2D eigenvalue weighted by Gasteiger charge is 2.43. The van der Waals surface area contributed by atoms with Gasteiger partial charge in [0.2, 0.25) is 0 Å². The summed E-state index contributed by atoms with van der Waals surface area (Å²) in [6, 6.07) is 4.47. The van der Waals surface area contributed by atoms with Gasteiger partial charge in [-0.05, 0) is 76.9 Å². The first kappa shape index (κ1) is 18.9. The van der Waals surface area contributed by atoms with Crippen LogP contribution in [0.3, 0.4) is 0 Å². The molecule has 148 valence electrons. The Morgan fingerprint density at radius 2 is 1.75 bits per heavy atom. The molecular weight excluding hydrogens is 346 g/mol. The minimum atomic E-state index is 0.145. The Labute approximate surface area is 168 Å². The van der Waals surface area contributed by atoms with Crippen molar-refractivity contribution in [3.05, 3.63) is 59.5 Å². The molecule has 28 heavy (non-hydrogen) atoms. The second kappa shape index (κ2) is 6.59. The van der Waals surface area contributed by atoms with E-state index in [0.29, 0.717) is 6.04 Å². The number of aromatic nitrogens is 2. The van der Waals surface area contributed by atoms with Crippen molar-refractivity contribution in [1.29, 1.82) is 0 Å². The minimum Gasteiger partial charge on any atom is -0.399 e. The fraction of sp³-hybridized carbons (Fsp3) is 0.478. The van der Waals surface area contributed by atoms with Gasteiger partial charge in [-0.1, -0.05) is 24.3 Å². The van der Waals surface area contributed by atoms with Crippen LogP contribution in [0.4, 0.5) is 5.82 Å². The van der Waals surface area contributed by atoms with E-state index in [1.165, 1.54) is 5.57 Å². The van der Waals surface area contributed by atoms with E-state index in [9.17, 15) is 0 Å². The van der Waals surface area contributed by atoms with Crippen LogP contribution in [0.5, 0.6) is 0 Å². The molecule has 2 aliphatic carbocycles. The summed E-state index contributed by atoms with van der Waals surface area (Å²) in [4.78, 5) is 2.49. The van der Waals surface area contributed by atoms with Gasteiger partial charge in [-0.15, -0.1) is 10.2 Å². The highest BCUT2D eigenvalue weighted by atomic mass is 15.3. The maximum atomic E-state index is 5.92. The van der Waals surface area contributed by atoms with Crippen molar-refractivity contribution in [2.45, 2.75) is 57.7 Å². The van der Waals surface area contributed by atoms with E-state index in [1.54, 1.807) is 0 Å². The molecule has 0 amide bonds. The molecule has 1 unspecified atom stereocenters. The molecule has 1 aliphatic heterocycles. The fourth-order valence-corrected chi connectivity index (χ4v) is 4.80. The third-order valence-electron chi connectivity index (χ3n) is 6.52. The summed E-state index contributed by atoms with van der Waals surface area (Å²) in [5.41, 5.74) is 10.3. The lowest BCUT2D eigenvalue weighted by Gasteiger charge is -2.53. The van der Waals surface area contributed by atoms with Crippen LogP contribution in [-0.2, 0) is 0 Å². The van der Waals surface area contributed by atoms with Crippen LogP contribution in [0, 0.1) is 5.92 Å². The number of nitrogens with one attached hydrogen (secondary N) is 1. The van der Waals surface area contributed by atoms with Gasteiger partial charge < -0.3 is 11.1 Å². The van der Waals surface area contributed by atoms with Gasteiger partial charge in [0, 0.05) is 28.7 Å². The van der Waals surface area contributed by atoms with E-state index in [-0.39, 0.29) is 17.0 Å².